The number of nitrogens with zero attached hydrogens (tertiary/aromatic N) is 3. The third kappa shape index (κ3) is 3.09. The molecule has 0 aliphatic heterocycles. The maximum absolute atomic E-state index is 4.48. The number of aromatic nitrogens is 4. The highest BCUT2D eigenvalue weighted by Crippen LogP contribution is 2.12. The van der Waals surface area contributed by atoms with Gasteiger partial charge in [-0.15, -0.1) is 0 Å². The Labute approximate surface area is 101 Å². The van der Waals surface area contributed by atoms with Crippen molar-refractivity contribution in [2.24, 2.45) is 5.92 Å². The molecular formula is C12H19N5. The highest BCUT2D eigenvalue weighted by molar-refractivity contribution is 5.30. The molecule has 92 valence electrons. The van der Waals surface area contributed by atoms with Crippen LogP contribution in [0.3, 0.4) is 0 Å². The molecule has 2 rings (SSSR count). The topological polar surface area (TPSA) is 58.5 Å². The molecule has 5 nitrogen and oxygen atoms in total. The van der Waals surface area contributed by atoms with E-state index < -0.39 is 0 Å². The first-order chi connectivity index (χ1) is 8.15. The summed E-state index contributed by atoms with van der Waals surface area (Å²) in [6.07, 6.45) is 5.78. The third-order valence-electron chi connectivity index (χ3n) is 2.46. The average Bonchev–Trinajstić information content (AvgIpc) is 2.84. The van der Waals surface area contributed by atoms with Crippen molar-refractivity contribution in [1.29, 1.82) is 0 Å². The lowest BCUT2D eigenvalue weighted by atomic mass is 10.2. The SMILES string of the molecule is Cc1cn(CC(C)C)c(NCc2cn[nH]c2)n1. The molecule has 0 bridgehead atoms. The highest BCUT2D eigenvalue weighted by Gasteiger charge is 2.06. The summed E-state index contributed by atoms with van der Waals surface area (Å²) in [5.41, 5.74) is 2.17. The molecule has 17 heavy (non-hydrogen) atoms. The Morgan fingerprint density at radius 2 is 2.29 bits per heavy atom. The number of nitrogens with one attached hydrogen (secondary N) is 2. The molecule has 2 N–H and O–H groups in total. The van der Waals surface area contributed by atoms with Gasteiger partial charge in [0, 0.05) is 31.0 Å². The summed E-state index contributed by atoms with van der Waals surface area (Å²) in [5.74, 6) is 1.54. The normalized spacial score (nSPS) is 11.1. The lowest BCUT2D eigenvalue weighted by Gasteiger charge is -2.10. The number of hydrogen-bond acceptors (Lipinski definition) is 3. The number of anilines is 1. The predicted molar refractivity (Wildman–Crippen MR) is 67.7 cm³/mol. The number of aromatic amines is 1. The van der Waals surface area contributed by atoms with Crippen LogP contribution in [-0.2, 0) is 13.1 Å². The molecule has 0 aliphatic carbocycles. The van der Waals surface area contributed by atoms with Crippen LogP contribution in [0.25, 0.3) is 0 Å². The summed E-state index contributed by atoms with van der Waals surface area (Å²) >= 11 is 0. The van der Waals surface area contributed by atoms with Gasteiger partial charge in [-0.1, -0.05) is 13.8 Å². The number of aryl methyl sites for hydroxylation is 1. The summed E-state index contributed by atoms with van der Waals surface area (Å²) in [5, 5.41) is 10.1. The predicted octanol–water partition coefficient (Wildman–Crippen LogP) is 2.18. The van der Waals surface area contributed by atoms with Crippen LogP contribution >= 0.6 is 0 Å². The summed E-state index contributed by atoms with van der Waals surface area (Å²) in [4.78, 5) is 4.48. The third-order valence-corrected chi connectivity index (χ3v) is 2.46. The Balaban J connectivity index is 2.04. The number of hydrogen-bond donors (Lipinski definition) is 2. The largest absolute Gasteiger partial charge is 0.351 e. The first kappa shape index (κ1) is 11.7. The zero-order valence-electron chi connectivity index (χ0n) is 10.6. The Morgan fingerprint density at radius 1 is 1.47 bits per heavy atom. The van der Waals surface area contributed by atoms with Crippen LogP contribution in [0, 0.1) is 12.8 Å². The quantitative estimate of drug-likeness (QED) is 0.832. The molecule has 0 spiro atoms. The summed E-state index contributed by atoms with van der Waals surface area (Å²) in [7, 11) is 0. The molecule has 0 aliphatic rings. The molecule has 0 atom stereocenters. The summed E-state index contributed by atoms with van der Waals surface area (Å²) < 4.78 is 2.17. The van der Waals surface area contributed by atoms with Gasteiger partial charge in [0.1, 0.15) is 0 Å². The van der Waals surface area contributed by atoms with Crippen LogP contribution in [0.2, 0.25) is 0 Å². The lowest BCUT2D eigenvalue weighted by molar-refractivity contribution is 0.526. The molecule has 2 heterocycles. The van der Waals surface area contributed by atoms with E-state index in [9.17, 15) is 0 Å². The lowest BCUT2D eigenvalue weighted by Crippen LogP contribution is -2.09. The van der Waals surface area contributed by atoms with E-state index in [1.54, 1.807) is 0 Å². The Morgan fingerprint density at radius 3 is 2.94 bits per heavy atom. The van der Waals surface area contributed by atoms with E-state index in [0.29, 0.717) is 5.92 Å². The van der Waals surface area contributed by atoms with E-state index in [0.717, 1.165) is 30.3 Å². The van der Waals surface area contributed by atoms with E-state index >= 15 is 0 Å². The monoisotopic (exact) mass is 233 g/mol. The van der Waals surface area contributed by atoms with E-state index in [-0.39, 0.29) is 0 Å². The van der Waals surface area contributed by atoms with Crippen molar-refractivity contribution in [1.82, 2.24) is 19.7 Å². The highest BCUT2D eigenvalue weighted by atomic mass is 15.2. The van der Waals surface area contributed by atoms with E-state index in [4.69, 9.17) is 0 Å². The molecule has 0 unspecified atom stereocenters. The van der Waals surface area contributed by atoms with Crippen molar-refractivity contribution >= 4 is 5.95 Å². The second-order valence-corrected chi connectivity index (χ2v) is 4.71. The zero-order chi connectivity index (χ0) is 12.3. The van der Waals surface area contributed by atoms with Crippen LogP contribution in [0.5, 0.6) is 0 Å². The Hall–Kier alpha value is -1.78. The van der Waals surface area contributed by atoms with Gasteiger partial charge in [0.25, 0.3) is 0 Å². The van der Waals surface area contributed by atoms with Gasteiger partial charge in [-0.3, -0.25) is 5.10 Å². The van der Waals surface area contributed by atoms with Crippen molar-refractivity contribution in [3.8, 4) is 0 Å². The van der Waals surface area contributed by atoms with Crippen molar-refractivity contribution < 1.29 is 0 Å². The minimum absolute atomic E-state index is 0.609. The van der Waals surface area contributed by atoms with Crippen LogP contribution in [-0.4, -0.2) is 19.7 Å². The van der Waals surface area contributed by atoms with Gasteiger partial charge in [-0.05, 0) is 12.8 Å². The second-order valence-electron chi connectivity index (χ2n) is 4.71. The van der Waals surface area contributed by atoms with Gasteiger partial charge >= 0.3 is 0 Å². The van der Waals surface area contributed by atoms with Gasteiger partial charge < -0.3 is 9.88 Å². The van der Waals surface area contributed by atoms with Gasteiger partial charge in [0.15, 0.2) is 0 Å². The van der Waals surface area contributed by atoms with Gasteiger partial charge in [-0.2, -0.15) is 5.10 Å². The van der Waals surface area contributed by atoms with Crippen molar-refractivity contribution in [2.45, 2.75) is 33.9 Å². The molecule has 2 aromatic heterocycles. The fraction of sp³-hybridized carbons (Fsp3) is 0.500. The molecule has 0 saturated heterocycles. The van der Waals surface area contributed by atoms with E-state index in [1.165, 1.54) is 0 Å². The summed E-state index contributed by atoms with van der Waals surface area (Å²) in [6.45, 7) is 8.14. The molecule has 0 saturated carbocycles. The van der Waals surface area contributed by atoms with Crippen LogP contribution in [0.15, 0.2) is 18.6 Å². The average molecular weight is 233 g/mol. The number of imidazole rings is 1. The van der Waals surface area contributed by atoms with E-state index in [2.05, 4.69) is 45.1 Å². The smallest absolute Gasteiger partial charge is 0.203 e. The van der Waals surface area contributed by atoms with Crippen LogP contribution in [0.4, 0.5) is 5.95 Å². The Kier molecular flexibility index (Phi) is 3.46. The van der Waals surface area contributed by atoms with Crippen molar-refractivity contribution in [3.63, 3.8) is 0 Å². The minimum Gasteiger partial charge on any atom is -0.351 e. The fourth-order valence-electron chi connectivity index (χ4n) is 1.78. The molecule has 5 heteroatoms. The van der Waals surface area contributed by atoms with Crippen LogP contribution < -0.4 is 5.32 Å². The van der Waals surface area contributed by atoms with Gasteiger partial charge in [-0.25, -0.2) is 4.98 Å². The van der Waals surface area contributed by atoms with Crippen molar-refractivity contribution in [3.05, 3.63) is 29.8 Å². The van der Waals surface area contributed by atoms with Gasteiger partial charge in [0.2, 0.25) is 5.95 Å². The maximum Gasteiger partial charge on any atom is 0.203 e. The summed E-state index contributed by atoms with van der Waals surface area (Å²) in [6, 6.07) is 0. The number of rotatable bonds is 5. The standard InChI is InChI=1S/C12H19N5/c1-9(2)7-17-8-10(3)16-12(17)13-4-11-5-14-15-6-11/h5-6,8-9H,4,7H2,1-3H3,(H,13,16)(H,14,15). The first-order valence-electron chi connectivity index (χ1n) is 5.90. The molecule has 0 fully saturated rings. The fourth-order valence-corrected chi connectivity index (χ4v) is 1.78. The van der Waals surface area contributed by atoms with Gasteiger partial charge in [0.05, 0.1) is 11.9 Å². The molecule has 0 aromatic carbocycles. The van der Waals surface area contributed by atoms with Crippen LogP contribution in [0.1, 0.15) is 25.1 Å². The first-order valence-corrected chi connectivity index (χ1v) is 5.90. The zero-order valence-corrected chi connectivity index (χ0v) is 10.6. The maximum atomic E-state index is 4.48. The molecule has 0 radical (unpaired) electrons. The van der Waals surface area contributed by atoms with Crippen molar-refractivity contribution in [2.75, 3.05) is 5.32 Å². The Bertz CT molecular complexity index is 455. The molecular weight excluding hydrogens is 214 g/mol. The minimum atomic E-state index is 0.609. The second kappa shape index (κ2) is 5.03. The molecule has 2 aromatic rings. The molecule has 0 amide bonds. The number of H-pyrrole nitrogens is 1. The van der Waals surface area contributed by atoms with E-state index in [1.807, 2.05) is 19.3 Å².